The average molecular weight is 823 g/mol. The number of benzene rings is 10. The van der Waals surface area contributed by atoms with E-state index in [1.807, 2.05) is 11.3 Å². The zero-order valence-electron chi connectivity index (χ0n) is 34.6. The van der Waals surface area contributed by atoms with Crippen molar-refractivity contribution in [3.63, 3.8) is 0 Å². The van der Waals surface area contributed by atoms with E-state index in [9.17, 15) is 0 Å². The van der Waals surface area contributed by atoms with E-state index in [0.717, 1.165) is 39.6 Å². The van der Waals surface area contributed by atoms with Gasteiger partial charge >= 0.3 is 0 Å². The largest absolute Gasteiger partial charge is 0.311 e. The van der Waals surface area contributed by atoms with Gasteiger partial charge in [0, 0.05) is 43.9 Å². The van der Waals surface area contributed by atoms with Gasteiger partial charge in [0.1, 0.15) is 0 Å². The minimum absolute atomic E-state index is 1.09. The predicted octanol–water partition coefficient (Wildman–Crippen LogP) is 17.7. The third-order valence-corrected chi connectivity index (χ3v) is 13.1. The molecule has 1 heterocycles. The lowest BCUT2D eigenvalue weighted by molar-refractivity contribution is 1.28. The molecule has 0 aliphatic rings. The molecule has 63 heavy (non-hydrogen) atoms. The van der Waals surface area contributed by atoms with Crippen molar-refractivity contribution < 1.29 is 0 Å². The number of nitrogens with zero attached hydrogens (tertiary/aromatic N) is 2. The first-order chi connectivity index (χ1) is 31.2. The van der Waals surface area contributed by atoms with Crippen molar-refractivity contribution in [1.29, 1.82) is 0 Å². The van der Waals surface area contributed by atoms with Crippen molar-refractivity contribution in [1.82, 2.24) is 0 Å². The summed E-state index contributed by atoms with van der Waals surface area (Å²) in [7, 11) is 0. The fourth-order valence-electron chi connectivity index (χ4n) is 8.69. The smallest absolute Gasteiger partial charge is 0.0640 e. The van der Waals surface area contributed by atoms with Crippen molar-refractivity contribution in [2.24, 2.45) is 0 Å². The Morgan fingerprint density at radius 1 is 0.222 bits per heavy atom. The van der Waals surface area contributed by atoms with Crippen LogP contribution in [0, 0.1) is 0 Å². The van der Waals surface area contributed by atoms with Gasteiger partial charge in [0.2, 0.25) is 0 Å². The molecule has 0 unspecified atom stereocenters. The molecule has 0 atom stereocenters. The van der Waals surface area contributed by atoms with Gasteiger partial charge in [0.15, 0.2) is 0 Å². The Morgan fingerprint density at radius 3 is 0.905 bits per heavy atom. The van der Waals surface area contributed by atoms with Crippen LogP contribution in [0.3, 0.4) is 0 Å². The summed E-state index contributed by atoms with van der Waals surface area (Å²) in [5, 5.41) is 2.58. The molecule has 298 valence electrons. The normalized spacial score (nSPS) is 11.2. The predicted molar refractivity (Wildman–Crippen MR) is 270 cm³/mol. The van der Waals surface area contributed by atoms with Crippen molar-refractivity contribution in [3.05, 3.63) is 255 Å². The van der Waals surface area contributed by atoms with Crippen LogP contribution in [0.25, 0.3) is 64.7 Å². The average Bonchev–Trinajstić information content (AvgIpc) is 3.76. The summed E-state index contributed by atoms with van der Waals surface area (Å²) >= 11 is 1.86. The van der Waals surface area contributed by atoms with Gasteiger partial charge in [-0.15, -0.1) is 11.3 Å². The van der Waals surface area contributed by atoms with Crippen LogP contribution in [0.4, 0.5) is 34.1 Å². The fraction of sp³-hybridized carbons (Fsp3) is 0. The molecule has 11 rings (SSSR count). The van der Waals surface area contributed by atoms with Crippen LogP contribution in [-0.2, 0) is 0 Å². The highest BCUT2D eigenvalue weighted by molar-refractivity contribution is 7.26. The van der Waals surface area contributed by atoms with Crippen molar-refractivity contribution >= 4 is 65.6 Å². The second-order valence-corrected chi connectivity index (χ2v) is 16.8. The topological polar surface area (TPSA) is 6.48 Å². The molecule has 0 radical (unpaired) electrons. The maximum atomic E-state index is 2.41. The minimum Gasteiger partial charge on any atom is -0.311 e. The molecule has 1 aromatic heterocycles. The molecule has 11 aromatic rings. The number of thiophene rings is 1. The third kappa shape index (κ3) is 7.56. The van der Waals surface area contributed by atoms with Gasteiger partial charge in [-0.3, -0.25) is 0 Å². The molecule has 0 N–H and O–H groups in total. The molecule has 0 fully saturated rings. The quantitative estimate of drug-likeness (QED) is 0.136. The van der Waals surface area contributed by atoms with E-state index >= 15 is 0 Å². The Labute approximate surface area is 372 Å². The summed E-state index contributed by atoms with van der Waals surface area (Å²) in [6, 6.07) is 91.8. The van der Waals surface area contributed by atoms with E-state index in [2.05, 4.69) is 265 Å². The van der Waals surface area contributed by atoms with Crippen molar-refractivity contribution in [2.75, 3.05) is 9.80 Å². The van der Waals surface area contributed by atoms with Gasteiger partial charge < -0.3 is 9.80 Å². The Balaban J connectivity index is 0.939. The Hall–Kier alpha value is -7.98. The molecule has 2 nitrogen and oxygen atoms in total. The molecular formula is C60H42N2S. The van der Waals surface area contributed by atoms with E-state index < -0.39 is 0 Å². The maximum Gasteiger partial charge on any atom is 0.0640 e. The number of hydrogen-bond donors (Lipinski definition) is 0. The van der Waals surface area contributed by atoms with Crippen LogP contribution in [0.15, 0.2) is 255 Å². The molecule has 0 aliphatic heterocycles. The monoisotopic (exact) mass is 822 g/mol. The molecule has 0 spiro atoms. The highest BCUT2D eigenvalue weighted by Crippen LogP contribution is 2.45. The van der Waals surface area contributed by atoms with Crippen molar-refractivity contribution in [2.45, 2.75) is 0 Å². The Kier molecular flexibility index (Phi) is 10.1. The van der Waals surface area contributed by atoms with Crippen LogP contribution < -0.4 is 9.80 Å². The van der Waals surface area contributed by atoms with Gasteiger partial charge in [-0.05, 0) is 117 Å². The Bertz CT molecular complexity index is 3190. The van der Waals surface area contributed by atoms with E-state index in [0.29, 0.717) is 0 Å². The maximum absolute atomic E-state index is 2.41. The van der Waals surface area contributed by atoms with Crippen LogP contribution in [-0.4, -0.2) is 0 Å². The Morgan fingerprint density at radius 2 is 0.524 bits per heavy atom. The van der Waals surface area contributed by atoms with E-state index in [1.165, 1.54) is 59.2 Å². The minimum atomic E-state index is 1.09. The SMILES string of the molecule is c1ccc(-c2ccc(N(c3ccc(-c4ccccc4)cc3)c3ccc(-c4ccc(N(c5ccc(-c6ccccc6)cc5)c5cccc6c5sc5ccccc56)cc4)cc3)cc2)cc1. The number of rotatable bonds is 10. The standard InChI is InChI=1S/C60H42N2S/c1-4-13-43(14-5-1)46-23-33-51(34-24-46)61(52-35-25-47(26-36-52)44-15-6-2-7-16-44)53-37-27-49(28-38-53)50-31-41-55(42-32-50)62(54-39-29-48(30-40-54)45-17-8-3-9-18-45)58-21-12-20-57-56-19-10-11-22-59(56)63-60(57)58/h1-42H. The van der Waals surface area contributed by atoms with E-state index in [4.69, 9.17) is 0 Å². The highest BCUT2D eigenvalue weighted by atomic mass is 32.1. The number of fused-ring (bicyclic) bond motifs is 3. The summed E-state index contributed by atoms with van der Waals surface area (Å²) in [4.78, 5) is 4.75. The first-order valence-electron chi connectivity index (χ1n) is 21.4. The second kappa shape index (κ2) is 16.8. The molecule has 0 saturated carbocycles. The first-order valence-corrected chi connectivity index (χ1v) is 22.2. The van der Waals surface area contributed by atoms with Crippen LogP contribution >= 0.6 is 11.3 Å². The summed E-state index contributed by atoms with van der Waals surface area (Å²) in [6.45, 7) is 0. The van der Waals surface area contributed by atoms with E-state index in [-0.39, 0.29) is 0 Å². The molecule has 10 aromatic carbocycles. The second-order valence-electron chi connectivity index (χ2n) is 15.8. The lowest BCUT2D eigenvalue weighted by atomic mass is 10.0. The van der Waals surface area contributed by atoms with Gasteiger partial charge in [0.05, 0.1) is 10.4 Å². The summed E-state index contributed by atoms with van der Waals surface area (Å²) in [5.41, 5.74) is 16.2. The van der Waals surface area contributed by atoms with Gasteiger partial charge in [-0.2, -0.15) is 0 Å². The zero-order chi connectivity index (χ0) is 42.0. The summed E-state index contributed by atoms with van der Waals surface area (Å²) < 4.78 is 2.57. The van der Waals surface area contributed by atoms with Gasteiger partial charge in [0.25, 0.3) is 0 Å². The summed E-state index contributed by atoms with van der Waals surface area (Å²) in [6.07, 6.45) is 0. The van der Waals surface area contributed by atoms with Gasteiger partial charge in [-0.25, -0.2) is 0 Å². The molecule has 0 aliphatic carbocycles. The van der Waals surface area contributed by atoms with E-state index in [1.54, 1.807) is 0 Å². The molecule has 0 saturated heterocycles. The first kappa shape index (κ1) is 38.0. The number of anilines is 6. The molecule has 3 heteroatoms. The zero-order valence-corrected chi connectivity index (χ0v) is 35.4. The molecular weight excluding hydrogens is 781 g/mol. The van der Waals surface area contributed by atoms with Gasteiger partial charge in [-0.1, -0.05) is 182 Å². The van der Waals surface area contributed by atoms with Crippen LogP contribution in [0.1, 0.15) is 0 Å². The number of hydrogen-bond acceptors (Lipinski definition) is 3. The van der Waals surface area contributed by atoms with Crippen LogP contribution in [0.5, 0.6) is 0 Å². The lowest BCUT2D eigenvalue weighted by Crippen LogP contribution is -2.10. The summed E-state index contributed by atoms with van der Waals surface area (Å²) in [5.74, 6) is 0. The molecule has 0 amide bonds. The molecule has 0 bridgehead atoms. The highest BCUT2D eigenvalue weighted by Gasteiger charge is 2.19. The van der Waals surface area contributed by atoms with Crippen molar-refractivity contribution in [3.8, 4) is 44.5 Å². The van der Waals surface area contributed by atoms with Crippen LogP contribution in [0.2, 0.25) is 0 Å². The third-order valence-electron chi connectivity index (χ3n) is 11.9. The lowest BCUT2D eigenvalue weighted by Gasteiger charge is -2.27. The fourth-order valence-corrected chi connectivity index (χ4v) is 9.90.